The van der Waals surface area contributed by atoms with Crippen molar-refractivity contribution in [3.05, 3.63) is 41.9 Å². The highest BCUT2D eigenvalue weighted by atomic mass is 16.5. The standard InChI is InChI=1S/C13H15N3O2/c1-13(2,3)10-8-11(16-18-10)15-12(17)9-6-4-5-7-14-9/h4-8H,1-3H3,(H,15,16,17). The summed E-state index contributed by atoms with van der Waals surface area (Å²) in [6.45, 7) is 6.04. The Balaban J connectivity index is 2.11. The summed E-state index contributed by atoms with van der Waals surface area (Å²) in [7, 11) is 0. The molecule has 1 amide bonds. The molecule has 0 aliphatic heterocycles. The molecular weight excluding hydrogens is 230 g/mol. The normalized spacial score (nSPS) is 11.3. The van der Waals surface area contributed by atoms with Gasteiger partial charge in [-0.1, -0.05) is 32.0 Å². The number of hydrogen-bond donors (Lipinski definition) is 1. The molecule has 2 aromatic rings. The Hall–Kier alpha value is -2.17. The van der Waals surface area contributed by atoms with Crippen LogP contribution in [0.3, 0.4) is 0 Å². The van der Waals surface area contributed by atoms with Crippen molar-refractivity contribution >= 4 is 11.7 Å². The van der Waals surface area contributed by atoms with E-state index in [-0.39, 0.29) is 11.3 Å². The Labute approximate surface area is 105 Å². The molecule has 0 spiro atoms. The fourth-order valence-electron chi connectivity index (χ4n) is 1.36. The van der Waals surface area contributed by atoms with E-state index in [1.165, 1.54) is 0 Å². The second-order valence-electron chi connectivity index (χ2n) is 5.00. The van der Waals surface area contributed by atoms with Crippen LogP contribution in [0.4, 0.5) is 5.82 Å². The Kier molecular flexibility index (Phi) is 3.14. The number of aromatic nitrogens is 2. The largest absolute Gasteiger partial charge is 0.359 e. The summed E-state index contributed by atoms with van der Waals surface area (Å²) in [5.74, 6) is 0.818. The second-order valence-corrected chi connectivity index (χ2v) is 5.00. The number of pyridine rings is 1. The summed E-state index contributed by atoms with van der Waals surface area (Å²) in [6.07, 6.45) is 1.57. The van der Waals surface area contributed by atoms with Crippen LogP contribution in [0.1, 0.15) is 37.0 Å². The average Bonchev–Trinajstić information content (AvgIpc) is 2.78. The van der Waals surface area contributed by atoms with Crippen LogP contribution in [0.15, 0.2) is 35.0 Å². The first kappa shape index (κ1) is 12.3. The number of amides is 1. The van der Waals surface area contributed by atoms with Crippen LogP contribution in [0.2, 0.25) is 0 Å². The molecule has 0 radical (unpaired) electrons. The van der Waals surface area contributed by atoms with E-state index in [2.05, 4.69) is 15.5 Å². The first-order valence-electron chi connectivity index (χ1n) is 5.66. The van der Waals surface area contributed by atoms with E-state index < -0.39 is 0 Å². The van der Waals surface area contributed by atoms with E-state index in [0.29, 0.717) is 11.5 Å². The number of rotatable bonds is 2. The van der Waals surface area contributed by atoms with Gasteiger partial charge in [0, 0.05) is 17.7 Å². The lowest BCUT2D eigenvalue weighted by Gasteiger charge is -2.11. The van der Waals surface area contributed by atoms with E-state index in [9.17, 15) is 4.79 Å². The van der Waals surface area contributed by atoms with Gasteiger partial charge in [-0.3, -0.25) is 9.78 Å². The lowest BCUT2D eigenvalue weighted by Crippen LogP contribution is -2.13. The molecule has 18 heavy (non-hydrogen) atoms. The van der Waals surface area contributed by atoms with Crippen molar-refractivity contribution in [2.45, 2.75) is 26.2 Å². The summed E-state index contributed by atoms with van der Waals surface area (Å²) in [4.78, 5) is 15.8. The topological polar surface area (TPSA) is 68.0 Å². The van der Waals surface area contributed by atoms with Gasteiger partial charge in [-0.05, 0) is 12.1 Å². The van der Waals surface area contributed by atoms with Crippen LogP contribution >= 0.6 is 0 Å². The Morgan fingerprint density at radius 3 is 2.67 bits per heavy atom. The first-order valence-corrected chi connectivity index (χ1v) is 5.66. The van der Waals surface area contributed by atoms with Crippen molar-refractivity contribution in [2.24, 2.45) is 0 Å². The number of anilines is 1. The van der Waals surface area contributed by atoms with Gasteiger partial charge >= 0.3 is 0 Å². The second kappa shape index (κ2) is 4.60. The molecule has 2 aromatic heterocycles. The van der Waals surface area contributed by atoms with Gasteiger partial charge in [0.05, 0.1) is 0 Å². The van der Waals surface area contributed by atoms with Crippen molar-refractivity contribution < 1.29 is 9.32 Å². The molecule has 5 heteroatoms. The molecule has 1 N–H and O–H groups in total. The smallest absolute Gasteiger partial charge is 0.275 e. The molecule has 5 nitrogen and oxygen atoms in total. The van der Waals surface area contributed by atoms with Gasteiger partial charge in [-0.2, -0.15) is 0 Å². The van der Waals surface area contributed by atoms with Gasteiger partial charge in [-0.15, -0.1) is 0 Å². The fraction of sp³-hybridized carbons (Fsp3) is 0.308. The van der Waals surface area contributed by atoms with Gasteiger partial charge in [0.1, 0.15) is 11.5 Å². The van der Waals surface area contributed by atoms with E-state index in [1.54, 1.807) is 30.5 Å². The Morgan fingerprint density at radius 2 is 2.11 bits per heavy atom. The molecular formula is C13H15N3O2. The predicted molar refractivity (Wildman–Crippen MR) is 67.4 cm³/mol. The van der Waals surface area contributed by atoms with Crippen LogP contribution in [0.5, 0.6) is 0 Å². The van der Waals surface area contributed by atoms with Crippen LogP contribution in [0, 0.1) is 0 Å². The average molecular weight is 245 g/mol. The van der Waals surface area contributed by atoms with Gasteiger partial charge in [0.2, 0.25) is 0 Å². The van der Waals surface area contributed by atoms with E-state index in [1.807, 2.05) is 20.8 Å². The number of nitrogens with one attached hydrogen (secondary N) is 1. The van der Waals surface area contributed by atoms with Gasteiger partial charge in [0.15, 0.2) is 5.82 Å². The Morgan fingerprint density at radius 1 is 1.33 bits per heavy atom. The molecule has 94 valence electrons. The summed E-state index contributed by atoms with van der Waals surface area (Å²) in [6, 6.07) is 6.87. The number of nitrogens with zero attached hydrogens (tertiary/aromatic N) is 2. The van der Waals surface area contributed by atoms with E-state index in [0.717, 1.165) is 5.76 Å². The highest BCUT2D eigenvalue weighted by Gasteiger charge is 2.20. The zero-order valence-electron chi connectivity index (χ0n) is 10.6. The van der Waals surface area contributed by atoms with Crippen LogP contribution in [-0.2, 0) is 5.41 Å². The first-order chi connectivity index (χ1) is 8.47. The van der Waals surface area contributed by atoms with E-state index >= 15 is 0 Å². The number of carbonyl (C=O) groups excluding carboxylic acids is 1. The van der Waals surface area contributed by atoms with Crippen LogP contribution in [0.25, 0.3) is 0 Å². The lowest BCUT2D eigenvalue weighted by molar-refractivity contribution is 0.102. The van der Waals surface area contributed by atoms with Gasteiger partial charge < -0.3 is 9.84 Å². The molecule has 0 saturated carbocycles. The molecule has 0 aliphatic rings. The molecule has 0 bridgehead atoms. The maximum absolute atomic E-state index is 11.8. The van der Waals surface area contributed by atoms with E-state index in [4.69, 9.17) is 4.52 Å². The molecule has 0 fully saturated rings. The molecule has 0 unspecified atom stereocenters. The summed E-state index contributed by atoms with van der Waals surface area (Å²) >= 11 is 0. The summed E-state index contributed by atoms with van der Waals surface area (Å²) in [5, 5.41) is 6.46. The quantitative estimate of drug-likeness (QED) is 0.883. The minimum absolute atomic E-state index is 0.138. The van der Waals surface area contributed by atoms with Crippen molar-refractivity contribution in [3.63, 3.8) is 0 Å². The minimum Gasteiger partial charge on any atom is -0.359 e. The monoisotopic (exact) mass is 245 g/mol. The lowest BCUT2D eigenvalue weighted by atomic mass is 9.93. The third kappa shape index (κ3) is 2.74. The molecule has 0 atom stereocenters. The number of hydrogen-bond acceptors (Lipinski definition) is 4. The zero-order valence-corrected chi connectivity index (χ0v) is 10.6. The molecule has 2 rings (SSSR count). The third-order valence-electron chi connectivity index (χ3n) is 2.39. The van der Waals surface area contributed by atoms with Gasteiger partial charge in [0.25, 0.3) is 5.91 Å². The molecule has 2 heterocycles. The van der Waals surface area contributed by atoms with Crippen molar-refractivity contribution in [3.8, 4) is 0 Å². The maximum atomic E-state index is 11.8. The molecule has 0 aromatic carbocycles. The third-order valence-corrected chi connectivity index (χ3v) is 2.39. The SMILES string of the molecule is CC(C)(C)c1cc(NC(=O)c2ccccn2)no1. The van der Waals surface area contributed by atoms with Crippen LogP contribution < -0.4 is 5.32 Å². The highest BCUT2D eigenvalue weighted by Crippen LogP contribution is 2.24. The number of carbonyl (C=O) groups is 1. The highest BCUT2D eigenvalue weighted by molar-refractivity contribution is 6.02. The molecule has 0 aliphatic carbocycles. The minimum atomic E-state index is -0.302. The summed E-state index contributed by atoms with van der Waals surface area (Å²) in [5.41, 5.74) is 0.207. The van der Waals surface area contributed by atoms with Crippen molar-refractivity contribution in [2.75, 3.05) is 5.32 Å². The van der Waals surface area contributed by atoms with Crippen molar-refractivity contribution in [1.29, 1.82) is 0 Å². The fourth-order valence-corrected chi connectivity index (χ4v) is 1.36. The zero-order chi connectivity index (χ0) is 13.2. The molecule has 0 saturated heterocycles. The van der Waals surface area contributed by atoms with Crippen LogP contribution in [-0.4, -0.2) is 16.0 Å². The van der Waals surface area contributed by atoms with Gasteiger partial charge in [-0.25, -0.2) is 0 Å². The Bertz CT molecular complexity index is 541. The predicted octanol–water partition coefficient (Wildman–Crippen LogP) is 2.62. The summed E-state index contributed by atoms with van der Waals surface area (Å²) < 4.78 is 5.18. The van der Waals surface area contributed by atoms with Crippen molar-refractivity contribution in [1.82, 2.24) is 10.1 Å². The maximum Gasteiger partial charge on any atom is 0.275 e.